The molecular formula is C22H23N3O3S. The van der Waals surface area contributed by atoms with E-state index in [1.807, 2.05) is 30.0 Å². The highest BCUT2D eigenvalue weighted by Gasteiger charge is 2.24. The number of thiazole rings is 1. The van der Waals surface area contributed by atoms with Gasteiger partial charge in [0, 0.05) is 37.3 Å². The van der Waals surface area contributed by atoms with E-state index in [9.17, 15) is 9.59 Å². The first-order valence-electron chi connectivity index (χ1n) is 9.74. The average Bonchev–Trinajstić information content (AvgIpc) is 3.17. The van der Waals surface area contributed by atoms with E-state index in [4.69, 9.17) is 9.72 Å². The summed E-state index contributed by atoms with van der Waals surface area (Å²) in [5.41, 5.74) is 2.21. The predicted octanol–water partition coefficient (Wildman–Crippen LogP) is 3.86. The van der Waals surface area contributed by atoms with Crippen LogP contribution in [0.4, 0.5) is 5.13 Å². The molecule has 6 nitrogen and oxygen atoms in total. The first-order chi connectivity index (χ1) is 14.0. The van der Waals surface area contributed by atoms with Gasteiger partial charge < -0.3 is 14.5 Å². The van der Waals surface area contributed by atoms with Gasteiger partial charge in [0.2, 0.25) is 0 Å². The Morgan fingerprint density at radius 3 is 2.38 bits per heavy atom. The van der Waals surface area contributed by atoms with Gasteiger partial charge in [0.15, 0.2) is 10.9 Å². The molecule has 2 aromatic carbocycles. The molecule has 29 heavy (non-hydrogen) atoms. The third-order valence-corrected chi connectivity index (χ3v) is 6.11. The van der Waals surface area contributed by atoms with Crippen molar-refractivity contribution in [3.05, 3.63) is 53.6 Å². The Morgan fingerprint density at radius 2 is 1.72 bits per heavy atom. The molecule has 7 heteroatoms. The average molecular weight is 410 g/mol. The van der Waals surface area contributed by atoms with Crippen LogP contribution in [0.15, 0.2) is 42.5 Å². The SMILES string of the molecule is CCOc1ccc2nc(N3CCN(C(=O)c4ccc(C(C)=O)cc4)CC3)sc2c1. The largest absolute Gasteiger partial charge is 0.494 e. The highest BCUT2D eigenvalue weighted by Crippen LogP contribution is 2.32. The molecule has 1 aliphatic rings. The van der Waals surface area contributed by atoms with Gasteiger partial charge in [0.25, 0.3) is 5.91 Å². The van der Waals surface area contributed by atoms with Crippen LogP contribution in [0, 0.1) is 0 Å². The maximum atomic E-state index is 12.8. The number of carbonyl (C=O) groups excluding carboxylic acids is 2. The number of piperazine rings is 1. The number of hydrogen-bond donors (Lipinski definition) is 0. The number of amides is 1. The monoisotopic (exact) mass is 409 g/mol. The molecule has 0 saturated carbocycles. The van der Waals surface area contributed by atoms with E-state index in [1.54, 1.807) is 35.6 Å². The van der Waals surface area contributed by atoms with Crippen LogP contribution in [-0.2, 0) is 0 Å². The number of rotatable bonds is 5. The topological polar surface area (TPSA) is 62.7 Å². The molecule has 150 valence electrons. The molecule has 4 rings (SSSR count). The number of ketones is 1. The summed E-state index contributed by atoms with van der Waals surface area (Å²) in [6.07, 6.45) is 0. The van der Waals surface area contributed by atoms with E-state index in [2.05, 4.69) is 4.90 Å². The first-order valence-corrected chi connectivity index (χ1v) is 10.6. The lowest BCUT2D eigenvalue weighted by molar-refractivity contribution is 0.0746. The van der Waals surface area contributed by atoms with Gasteiger partial charge in [-0.2, -0.15) is 0 Å². The second kappa shape index (κ2) is 8.21. The van der Waals surface area contributed by atoms with Gasteiger partial charge in [-0.15, -0.1) is 0 Å². The van der Waals surface area contributed by atoms with Gasteiger partial charge in [-0.25, -0.2) is 4.98 Å². The Morgan fingerprint density at radius 1 is 1.03 bits per heavy atom. The highest BCUT2D eigenvalue weighted by atomic mass is 32.1. The second-order valence-corrected chi connectivity index (χ2v) is 7.98. The number of aromatic nitrogens is 1. The highest BCUT2D eigenvalue weighted by molar-refractivity contribution is 7.22. The molecule has 0 N–H and O–H groups in total. The number of nitrogens with zero attached hydrogens (tertiary/aromatic N) is 3. The maximum absolute atomic E-state index is 12.8. The van der Waals surface area contributed by atoms with Crippen LogP contribution in [0.1, 0.15) is 34.6 Å². The summed E-state index contributed by atoms with van der Waals surface area (Å²) in [5, 5.41) is 0.978. The summed E-state index contributed by atoms with van der Waals surface area (Å²) >= 11 is 1.65. The lowest BCUT2D eigenvalue weighted by Gasteiger charge is -2.34. The normalized spacial score (nSPS) is 14.3. The Kier molecular flexibility index (Phi) is 5.49. The van der Waals surface area contributed by atoms with Crippen molar-refractivity contribution in [2.24, 2.45) is 0 Å². The van der Waals surface area contributed by atoms with Crippen LogP contribution in [-0.4, -0.2) is 54.4 Å². The molecule has 1 aliphatic heterocycles. The minimum atomic E-state index is 0.00169. The zero-order chi connectivity index (χ0) is 20.4. The fourth-order valence-electron chi connectivity index (χ4n) is 3.42. The number of fused-ring (bicyclic) bond motifs is 1. The van der Waals surface area contributed by atoms with Crippen LogP contribution < -0.4 is 9.64 Å². The summed E-state index contributed by atoms with van der Waals surface area (Å²) in [7, 11) is 0. The van der Waals surface area contributed by atoms with E-state index in [0.29, 0.717) is 30.8 Å². The quantitative estimate of drug-likeness (QED) is 0.599. The Labute approximate surface area is 173 Å². The number of anilines is 1. The van der Waals surface area contributed by atoms with E-state index >= 15 is 0 Å². The van der Waals surface area contributed by atoms with Crippen LogP contribution in [0.2, 0.25) is 0 Å². The van der Waals surface area contributed by atoms with Crippen molar-refractivity contribution in [1.29, 1.82) is 0 Å². The Balaban J connectivity index is 1.41. The van der Waals surface area contributed by atoms with Crippen molar-refractivity contribution in [2.75, 3.05) is 37.7 Å². The smallest absolute Gasteiger partial charge is 0.253 e. The number of carbonyl (C=O) groups is 2. The summed E-state index contributed by atoms with van der Waals surface area (Å²) in [6.45, 7) is 6.92. The third kappa shape index (κ3) is 4.10. The zero-order valence-corrected chi connectivity index (χ0v) is 17.4. The molecule has 0 spiro atoms. The minimum absolute atomic E-state index is 0.00169. The molecule has 0 radical (unpaired) electrons. The predicted molar refractivity (Wildman–Crippen MR) is 115 cm³/mol. The fourth-order valence-corrected chi connectivity index (χ4v) is 4.46. The number of ether oxygens (including phenoxy) is 1. The second-order valence-electron chi connectivity index (χ2n) is 6.97. The van der Waals surface area contributed by atoms with Crippen molar-refractivity contribution in [2.45, 2.75) is 13.8 Å². The maximum Gasteiger partial charge on any atom is 0.253 e. The molecule has 3 aromatic rings. The first kappa shape index (κ1) is 19.4. The van der Waals surface area contributed by atoms with Gasteiger partial charge in [-0.05, 0) is 44.2 Å². The molecule has 1 aromatic heterocycles. The van der Waals surface area contributed by atoms with Crippen molar-refractivity contribution in [3.8, 4) is 5.75 Å². The third-order valence-electron chi connectivity index (χ3n) is 5.04. The van der Waals surface area contributed by atoms with Crippen LogP contribution in [0.5, 0.6) is 5.75 Å². The summed E-state index contributed by atoms with van der Waals surface area (Å²) < 4.78 is 6.68. The molecule has 0 aliphatic carbocycles. The molecule has 2 heterocycles. The molecule has 0 unspecified atom stereocenters. The molecule has 1 saturated heterocycles. The van der Waals surface area contributed by atoms with Gasteiger partial charge in [0.05, 0.1) is 16.8 Å². The number of benzene rings is 2. The van der Waals surface area contributed by atoms with Crippen molar-refractivity contribution >= 4 is 38.4 Å². The molecule has 0 atom stereocenters. The lowest BCUT2D eigenvalue weighted by atomic mass is 10.1. The van der Waals surface area contributed by atoms with Gasteiger partial charge in [-0.1, -0.05) is 23.5 Å². The number of hydrogen-bond acceptors (Lipinski definition) is 6. The van der Waals surface area contributed by atoms with Gasteiger partial charge >= 0.3 is 0 Å². The standard InChI is InChI=1S/C22H23N3O3S/c1-3-28-18-8-9-19-20(14-18)29-22(23-19)25-12-10-24(11-13-25)21(27)17-6-4-16(5-7-17)15(2)26/h4-9,14H,3,10-13H2,1-2H3. The van der Waals surface area contributed by atoms with Crippen molar-refractivity contribution in [1.82, 2.24) is 9.88 Å². The summed E-state index contributed by atoms with van der Waals surface area (Å²) in [5.74, 6) is 0.869. The van der Waals surface area contributed by atoms with E-state index in [0.717, 1.165) is 34.2 Å². The van der Waals surface area contributed by atoms with Crippen LogP contribution in [0.25, 0.3) is 10.2 Å². The Bertz CT molecular complexity index is 1040. The molecular weight excluding hydrogens is 386 g/mol. The van der Waals surface area contributed by atoms with Gasteiger partial charge in [0.1, 0.15) is 5.75 Å². The van der Waals surface area contributed by atoms with Crippen molar-refractivity contribution in [3.63, 3.8) is 0 Å². The molecule has 1 amide bonds. The molecule has 1 fully saturated rings. The summed E-state index contributed by atoms with van der Waals surface area (Å²) in [4.78, 5) is 33.0. The zero-order valence-electron chi connectivity index (χ0n) is 16.6. The number of Topliss-reactive ketones (excluding diaryl/α,β-unsaturated/α-hetero) is 1. The van der Waals surface area contributed by atoms with Crippen LogP contribution >= 0.6 is 11.3 Å². The summed E-state index contributed by atoms with van der Waals surface area (Å²) in [6, 6.07) is 12.9. The van der Waals surface area contributed by atoms with Crippen LogP contribution in [0.3, 0.4) is 0 Å². The molecule has 0 bridgehead atoms. The van der Waals surface area contributed by atoms with Crippen molar-refractivity contribution < 1.29 is 14.3 Å². The fraction of sp³-hybridized carbons (Fsp3) is 0.318. The van der Waals surface area contributed by atoms with E-state index < -0.39 is 0 Å². The minimum Gasteiger partial charge on any atom is -0.494 e. The van der Waals surface area contributed by atoms with Gasteiger partial charge in [-0.3, -0.25) is 9.59 Å². The lowest BCUT2D eigenvalue weighted by Crippen LogP contribution is -2.48. The Hall–Kier alpha value is -2.93. The van der Waals surface area contributed by atoms with E-state index in [-0.39, 0.29) is 11.7 Å². The van der Waals surface area contributed by atoms with E-state index in [1.165, 1.54) is 6.92 Å².